The zero-order chi connectivity index (χ0) is 20.1. The van der Waals surface area contributed by atoms with Gasteiger partial charge >= 0.3 is 0 Å². The van der Waals surface area contributed by atoms with Gasteiger partial charge < -0.3 is 14.7 Å². The molecule has 0 bridgehead atoms. The molecular weight excluding hydrogens is 367 g/mol. The number of hydrogen-bond acceptors (Lipinski definition) is 6. The Balaban J connectivity index is 1.43. The summed E-state index contributed by atoms with van der Waals surface area (Å²) in [5.74, 6) is 1.29. The van der Waals surface area contributed by atoms with Gasteiger partial charge in [0.2, 0.25) is 5.95 Å². The average Bonchev–Trinajstić information content (AvgIpc) is 2.79. The monoisotopic (exact) mass is 392 g/mol. The topological polar surface area (TPSA) is 48.4 Å². The second-order valence-corrected chi connectivity index (χ2v) is 7.06. The van der Waals surface area contributed by atoms with E-state index in [1.807, 2.05) is 30.3 Å². The fourth-order valence-corrected chi connectivity index (χ4v) is 3.55. The molecule has 1 saturated heterocycles. The molecule has 7 heteroatoms. The Kier molecular flexibility index (Phi) is 5.84. The standard InChI is InChI=1S/C22H25FN6/c1-2-27(17-18-6-4-3-5-7-18)22-25-21(16-24-26-22)29-14-12-28(13-15-29)20-10-8-19(23)9-11-20/h3-11,16H,2,12-15,17H2,1H3. The molecule has 1 aliphatic heterocycles. The maximum Gasteiger partial charge on any atom is 0.247 e. The summed E-state index contributed by atoms with van der Waals surface area (Å²) in [5, 5.41) is 8.47. The van der Waals surface area contributed by atoms with E-state index in [4.69, 9.17) is 4.98 Å². The molecule has 0 aliphatic carbocycles. The molecular formula is C22H25FN6. The van der Waals surface area contributed by atoms with Crippen LogP contribution in [0.5, 0.6) is 0 Å². The summed E-state index contributed by atoms with van der Waals surface area (Å²) in [6.45, 7) is 7.03. The minimum absolute atomic E-state index is 0.206. The Labute approximate surface area is 170 Å². The van der Waals surface area contributed by atoms with Gasteiger partial charge in [-0.25, -0.2) is 4.39 Å². The predicted molar refractivity (Wildman–Crippen MR) is 114 cm³/mol. The third kappa shape index (κ3) is 4.62. The van der Waals surface area contributed by atoms with Crippen LogP contribution >= 0.6 is 0 Å². The molecule has 150 valence electrons. The van der Waals surface area contributed by atoms with Crippen molar-refractivity contribution in [2.45, 2.75) is 13.5 Å². The lowest BCUT2D eigenvalue weighted by Crippen LogP contribution is -2.47. The van der Waals surface area contributed by atoms with Gasteiger partial charge in [-0.2, -0.15) is 10.1 Å². The highest BCUT2D eigenvalue weighted by Crippen LogP contribution is 2.21. The molecule has 1 aliphatic rings. The van der Waals surface area contributed by atoms with Crippen LogP contribution in [-0.4, -0.2) is 47.9 Å². The van der Waals surface area contributed by atoms with Crippen LogP contribution in [0.15, 0.2) is 60.8 Å². The summed E-state index contributed by atoms with van der Waals surface area (Å²) in [6, 6.07) is 17.0. The second kappa shape index (κ2) is 8.86. The molecule has 2 heterocycles. The summed E-state index contributed by atoms with van der Waals surface area (Å²) in [5.41, 5.74) is 2.27. The lowest BCUT2D eigenvalue weighted by atomic mass is 10.2. The van der Waals surface area contributed by atoms with Gasteiger partial charge in [-0.05, 0) is 36.8 Å². The third-order valence-corrected chi connectivity index (χ3v) is 5.21. The van der Waals surface area contributed by atoms with Gasteiger partial charge in [-0.3, -0.25) is 0 Å². The van der Waals surface area contributed by atoms with Crippen LogP contribution in [0.3, 0.4) is 0 Å². The fourth-order valence-electron chi connectivity index (χ4n) is 3.55. The van der Waals surface area contributed by atoms with Crippen LogP contribution in [0.1, 0.15) is 12.5 Å². The molecule has 1 fully saturated rings. The number of halogens is 1. The summed E-state index contributed by atoms with van der Waals surface area (Å²) >= 11 is 0. The maximum atomic E-state index is 13.2. The first-order valence-electron chi connectivity index (χ1n) is 9.97. The average molecular weight is 392 g/mol. The minimum atomic E-state index is -0.206. The van der Waals surface area contributed by atoms with Crippen LogP contribution < -0.4 is 14.7 Å². The largest absolute Gasteiger partial charge is 0.368 e. The second-order valence-electron chi connectivity index (χ2n) is 7.06. The molecule has 0 atom stereocenters. The molecule has 0 saturated carbocycles. The Morgan fingerprint density at radius 2 is 1.62 bits per heavy atom. The molecule has 6 nitrogen and oxygen atoms in total. The van der Waals surface area contributed by atoms with E-state index in [0.29, 0.717) is 5.95 Å². The Bertz CT molecular complexity index is 910. The van der Waals surface area contributed by atoms with E-state index < -0.39 is 0 Å². The smallest absolute Gasteiger partial charge is 0.247 e. The number of nitrogens with zero attached hydrogens (tertiary/aromatic N) is 6. The van der Waals surface area contributed by atoms with E-state index in [9.17, 15) is 4.39 Å². The minimum Gasteiger partial charge on any atom is -0.368 e. The van der Waals surface area contributed by atoms with Gasteiger partial charge in [0.05, 0.1) is 6.20 Å². The fraction of sp³-hybridized carbons (Fsp3) is 0.318. The Morgan fingerprint density at radius 3 is 2.31 bits per heavy atom. The molecule has 0 N–H and O–H groups in total. The normalized spacial score (nSPS) is 14.1. The maximum absolute atomic E-state index is 13.2. The highest BCUT2D eigenvalue weighted by atomic mass is 19.1. The van der Waals surface area contributed by atoms with Crippen LogP contribution in [0.2, 0.25) is 0 Å². The molecule has 1 aromatic heterocycles. The first-order valence-corrected chi connectivity index (χ1v) is 9.97. The van der Waals surface area contributed by atoms with Gasteiger partial charge in [0.1, 0.15) is 5.82 Å². The molecule has 0 radical (unpaired) electrons. The number of hydrogen-bond donors (Lipinski definition) is 0. The van der Waals surface area contributed by atoms with E-state index in [1.54, 1.807) is 6.20 Å². The highest BCUT2D eigenvalue weighted by Gasteiger charge is 2.20. The van der Waals surface area contributed by atoms with E-state index in [2.05, 4.69) is 44.0 Å². The van der Waals surface area contributed by atoms with Crippen molar-refractivity contribution < 1.29 is 4.39 Å². The number of benzene rings is 2. The summed E-state index contributed by atoms with van der Waals surface area (Å²) in [4.78, 5) is 11.4. The number of anilines is 3. The molecule has 0 amide bonds. The van der Waals surface area contributed by atoms with E-state index in [1.165, 1.54) is 17.7 Å². The van der Waals surface area contributed by atoms with Crippen molar-refractivity contribution in [3.05, 3.63) is 72.2 Å². The number of rotatable bonds is 6. The Morgan fingerprint density at radius 1 is 0.931 bits per heavy atom. The molecule has 2 aromatic carbocycles. The van der Waals surface area contributed by atoms with Crippen LogP contribution in [0.4, 0.5) is 21.8 Å². The van der Waals surface area contributed by atoms with E-state index >= 15 is 0 Å². The SMILES string of the molecule is CCN(Cc1ccccc1)c1nncc(N2CCN(c3ccc(F)cc3)CC2)n1. The predicted octanol–water partition coefficient (Wildman–Crippen LogP) is 3.36. The zero-order valence-electron chi connectivity index (χ0n) is 16.6. The number of aromatic nitrogens is 3. The van der Waals surface area contributed by atoms with Crippen molar-refractivity contribution >= 4 is 17.5 Å². The van der Waals surface area contributed by atoms with Gasteiger partial charge in [-0.1, -0.05) is 30.3 Å². The molecule has 29 heavy (non-hydrogen) atoms. The lowest BCUT2D eigenvalue weighted by molar-refractivity contribution is 0.623. The number of piperazine rings is 1. The van der Waals surface area contributed by atoms with Crippen molar-refractivity contribution in [1.82, 2.24) is 15.2 Å². The van der Waals surface area contributed by atoms with E-state index in [-0.39, 0.29) is 5.82 Å². The highest BCUT2D eigenvalue weighted by molar-refractivity contribution is 5.49. The first kappa shape index (κ1) is 19.1. The van der Waals surface area contributed by atoms with Gasteiger partial charge in [0, 0.05) is 45.0 Å². The lowest BCUT2D eigenvalue weighted by Gasteiger charge is -2.36. The molecule has 4 rings (SSSR count). The summed E-state index contributed by atoms with van der Waals surface area (Å²) in [7, 11) is 0. The first-order chi connectivity index (χ1) is 14.2. The van der Waals surface area contributed by atoms with Gasteiger partial charge in [-0.15, -0.1) is 5.10 Å². The van der Waals surface area contributed by atoms with Crippen LogP contribution in [-0.2, 0) is 6.54 Å². The van der Waals surface area contributed by atoms with Crippen molar-refractivity contribution in [3.8, 4) is 0 Å². The van der Waals surface area contributed by atoms with Crippen molar-refractivity contribution in [2.75, 3.05) is 47.4 Å². The van der Waals surface area contributed by atoms with Crippen molar-refractivity contribution in [2.24, 2.45) is 0 Å². The quantitative estimate of drug-likeness (QED) is 0.641. The van der Waals surface area contributed by atoms with Crippen molar-refractivity contribution in [1.29, 1.82) is 0 Å². The van der Waals surface area contributed by atoms with E-state index in [0.717, 1.165) is 50.8 Å². The summed E-state index contributed by atoms with van der Waals surface area (Å²) in [6.07, 6.45) is 1.73. The van der Waals surface area contributed by atoms with Crippen LogP contribution in [0.25, 0.3) is 0 Å². The Hall–Kier alpha value is -3.22. The van der Waals surface area contributed by atoms with Crippen LogP contribution in [0, 0.1) is 5.82 Å². The zero-order valence-corrected chi connectivity index (χ0v) is 16.6. The van der Waals surface area contributed by atoms with Crippen molar-refractivity contribution in [3.63, 3.8) is 0 Å². The summed E-state index contributed by atoms with van der Waals surface area (Å²) < 4.78 is 13.2. The molecule has 3 aromatic rings. The molecule has 0 spiro atoms. The van der Waals surface area contributed by atoms with Gasteiger partial charge in [0.25, 0.3) is 0 Å². The molecule has 0 unspecified atom stereocenters. The third-order valence-electron chi connectivity index (χ3n) is 5.21. The van der Waals surface area contributed by atoms with Gasteiger partial charge in [0.15, 0.2) is 5.82 Å².